The lowest BCUT2D eigenvalue weighted by molar-refractivity contribution is -0.139. The zero-order valence-corrected chi connectivity index (χ0v) is 11.8. The summed E-state index contributed by atoms with van der Waals surface area (Å²) in [4.78, 5) is 24.2. The standard InChI is InChI=1S/C15H18N2O4/c1-11-3-2-8-17(9-11)15(20)16-12-4-6-13(7-5-12)21-10-14(18)19/h3-7H,2,8-10H2,1H3,(H,16,20)(H,18,19). The number of amides is 2. The molecule has 6 nitrogen and oxygen atoms in total. The number of hydrogen-bond acceptors (Lipinski definition) is 3. The molecule has 1 aromatic rings. The monoisotopic (exact) mass is 290 g/mol. The molecular formula is C15H18N2O4. The normalized spacial score (nSPS) is 14.3. The molecule has 0 aromatic heterocycles. The van der Waals surface area contributed by atoms with Gasteiger partial charge in [0.1, 0.15) is 5.75 Å². The third-order valence-electron chi connectivity index (χ3n) is 3.09. The maximum atomic E-state index is 12.1. The first-order valence-electron chi connectivity index (χ1n) is 6.71. The molecule has 2 N–H and O–H groups in total. The average Bonchev–Trinajstić information content (AvgIpc) is 2.46. The lowest BCUT2D eigenvalue weighted by atomic mass is 10.1. The summed E-state index contributed by atoms with van der Waals surface area (Å²) < 4.78 is 5.03. The van der Waals surface area contributed by atoms with E-state index in [-0.39, 0.29) is 12.6 Å². The first kappa shape index (κ1) is 14.9. The molecule has 0 fully saturated rings. The highest BCUT2D eigenvalue weighted by Gasteiger charge is 2.16. The molecule has 1 aromatic carbocycles. The summed E-state index contributed by atoms with van der Waals surface area (Å²) in [5.41, 5.74) is 1.84. The average molecular weight is 290 g/mol. The van der Waals surface area contributed by atoms with Crippen LogP contribution in [0.15, 0.2) is 35.9 Å². The number of rotatable bonds is 4. The van der Waals surface area contributed by atoms with Crippen LogP contribution in [0, 0.1) is 0 Å². The highest BCUT2D eigenvalue weighted by molar-refractivity contribution is 5.89. The van der Waals surface area contributed by atoms with Crippen LogP contribution < -0.4 is 10.1 Å². The van der Waals surface area contributed by atoms with Gasteiger partial charge in [0.25, 0.3) is 0 Å². The summed E-state index contributed by atoms with van der Waals surface area (Å²) in [6.07, 6.45) is 3.01. The molecule has 0 bridgehead atoms. The molecule has 0 spiro atoms. The van der Waals surface area contributed by atoms with E-state index in [1.54, 1.807) is 29.2 Å². The molecule has 0 aliphatic carbocycles. The molecule has 0 radical (unpaired) electrons. The highest BCUT2D eigenvalue weighted by Crippen LogP contribution is 2.17. The Morgan fingerprint density at radius 3 is 2.67 bits per heavy atom. The van der Waals surface area contributed by atoms with Crippen LogP contribution in [0.1, 0.15) is 13.3 Å². The van der Waals surface area contributed by atoms with E-state index in [0.29, 0.717) is 24.5 Å². The van der Waals surface area contributed by atoms with Crippen molar-refractivity contribution in [3.8, 4) is 5.75 Å². The van der Waals surface area contributed by atoms with Crippen molar-refractivity contribution in [2.45, 2.75) is 13.3 Å². The van der Waals surface area contributed by atoms with Gasteiger partial charge in [-0.25, -0.2) is 9.59 Å². The molecule has 0 unspecified atom stereocenters. The largest absolute Gasteiger partial charge is 0.482 e. The van der Waals surface area contributed by atoms with E-state index in [4.69, 9.17) is 9.84 Å². The van der Waals surface area contributed by atoms with E-state index in [9.17, 15) is 9.59 Å². The van der Waals surface area contributed by atoms with Crippen LogP contribution in [0.5, 0.6) is 5.75 Å². The Hall–Kier alpha value is -2.50. The Morgan fingerprint density at radius 1 is 1.33 bits per heavy atom. The van der Waals surface area contributed by atoms with Gasteiger partial charge in [0.05, 0.1) is 0 Å². The summed E-state index contributed by atoms with van der Waals surface area (Å²) in [5.74, 6) is -0.576. The number of urea groups is 1. The second kappa shape index (κ2) is 6.78. The van der Waals surface area contributed by atoms with Crippen molar-refractivity contribution >= 4 is 17.7 Å². The number of aliphatic carboxylic acids is 1. The fourth-order valence-electron chi connectivity index (χ4n) is 2.07. The number of carboxylic acids is 1. The summed E-state index contributed by atoms with van der Waals surface area (Å²) in [7, 11) is 0. The summed E-state index contributed by atoms with van der Waals surface area (Å²) in [5, 5.41) is 11.3. The van der Waals surface area contributed by atoms with Gasteiger partial charge in [-0.2, -0.15) is 0 Å². The highest BCUT2D eigenvalue weighted by atomic mass is 16.5. The van der Waals surface area contributed by atoms with Crippen LogP contribution in [-0.4, -0.2) is 41.7 Å². The van der Waals surface area contributed by atoms with Gasteiger partial charge in [0.15, 0.2) is 6.61 Å². The lowest BCUT2D eigenvalue weighted by Gasteiger charge is -2.26. The Kier molecular flexibility index (Phi) is 4.81. The molecule has 2 amide bonds. The smallest absolute Gasteiger partial charge is 0.341 e. The predicted octanol–water partition coefficient (Wildman–Crippen LogP) is 2.33. The van der Waals surface area contributed by atoms with Gasteiger partial charge in [-0.1, -0.05) is 11.6 Å². The number of benzene rings is 1. The fourth-order valence-corrected chi connectivity index (χ4v) is 2.07. The Balaban J connectivity index is 1.89. The van der Waals surface area contributed by atoms with Crippen molar-refractivity contribution < 1.29 is 19.4 Å². The topological polar surface area (TPSA) is 78.9 Å². The Labute approximate surface area is 123 Å². The van der Waals surface area contributed by atoms with Crippen LogP contribution in [0.25, 0.3) is 0 Å². The van der Waals surface area contributed by atoms with Crippen molar-refractivity contribution in [3.63, 3.8) is 0 Å². The van der Waals surface area contributed by atoms with Gasteiger partial charge in [0, 0.05) is 18.8 Å². The first-order valence-corrected chi connectivity index (χ1v) is 6.71. The zero-order chi connectivity index (χ0) is 15.2. The Morgan fingerprint density at radius 2 is 2.05 bits per heavy atom. The van der Waals surface area contributed by atoms with Gasteiger partial charge in [-0.3, -0.25) is 0 Å². The van der Waals surface area contributed by atoms with Gasteiger partial charge < -0.3 is 20.1 Å². The van der Waals surface area contributed by atoms with E-state index in [0.717, 1.165) is 6.42 Å². The van der Waals surface area contributed by atoms with E-state index >= 15 is 0 Å². The minimum absolute atomic E-state index is 0.137. The predicted molar refractivity (Wildman–Crippen MR) is 78.5 cm³/mol. The lowest BCUT2D eigenvalue weighted by Crippen LogP contribution is -2.38. The molecular weight excluding hydrogens is 272 g/mol. The van der Waals surface area contributed by atoms with Crippen molar-refractivity contribution in [1.82, 2.24) is 4.90 Å². The summed E-state index contributed by atoms with van der Waals surface area (Å²) in [6, 6.07) is 6.48. The summed E-state index contributed by atoms with van der Waals surface area (Å²) in [6.45, 7) is 2.98. The van der Waals surface area contributed by atoms with Crippen molar-refractivity contribution in [2.24, 2.45) is 0 Å². The van der Waals surface area contributed by atoms with E-state index in [1.165, 1.54) is 5.57 Å². The molecule has 0 atom stereocenters. The van der Waals surface area contributed by atoms with Crippen LogP contribution in [0.2, 0.25) is 0 Å². The molecule has 0 saturated heterocycles. The number of hydrogen-bond donors (Lipinski definition) is 2. The fraction of sp³-hybridized carbons (Fsp3) is 0.333. The SMILES string of the molecule is CC1=CCCN(C(=O)Nc2ccc(OCC(=O)O)cc2)C1. The number of carbonyl (C=O) groups is 2. The van der Waals surface area contributed by atoms with Crippen LogP contribution in [-0.2, 0) is 4.79 Å². The first-order chi connectivity index (χ1) is 10.0. The number of nitrogens with zero attached hydrogens (tertiary/aromatic N) is 1. The van der Waals surface area contributed by atoms with Gasteiger partial charge in [-0.15, -0.1) is 0 Å². The molecule has 2 rings (SSSR count). The van der Waals surface area contributed by atoms with E-state index < -0.39 is 5.97 Å². The maximum Gasteiger partial charge on any atom is 0.341 e. The molecule has 21 heavy (non-hydrogen) atoms. The molecule has 1 aliphatic heterocycles. The summed E-state index contributed by atoms with van der Waals surface area (Å²) >= 11 is 0. The zero-order valence-electron chi connectivity index (χ0n) is 11.8. The van der Waals surface area contributed by atoms with Gasteiger partial charge in [0.2, 0.25) is 0 Å². The molecule has 6 heteroatoms. The second-order valence-electron chi connectivity index (χ2n) is 4.90. The van der Waals surface area contributed by atoms with Gasteiger partial charge >= 0.3 is 12.0 Å². The van der Waals surface area contributed by atoms with Crippen molar-refractivity contribution in [1.29, 1.82) is 0 Å². The molecule has 1 heterocycles. The molecule has 0 saturated carbocycles. The second-order valence-corrected chi connectivity index (χ2v) is 4.90. The molecule has 1 aliphatic rings. The third kappa shape index (κ3) is 4.52. The number of carboxylic acid groups (broad SMARTS) is 1. The number of nitrogens with one attached hydrogen (secondary N) is 1. The minimum atomic E-state index is -1.03. The van der Waals surface area contributed by atoms with Crippen molar-refractivity contribution in [3.05, 3.63) is 35.9 Å². The van der Waals surface area contributed by atoms with Crippen molar-refractivity contribution in [2.75, 3.05) is 25.0 Å². The quantitative estimate of drug-likeness (QED) is 0.834. The number of anilines is 1. The van der Waals surface area contributed by atoms with E-state index in [1.807, 2.05) is 6.92 Å². The number of ether oxygens (including phenoxy) is 1. The van der Waals surface area contributed by atoms with Crippen LogP contribution in [0.3, 0.4) is 0 Å². The van der Waals surface area contributed by atoms with E-state index in [2.05, 4.69) is 11.4 Å². The maximum absolute atomic E-state index is 12.1. The van der Waals surface area contributed by atoms with Crippen LogP contribution in [0.4, 0.5) is 10.5 Å². The third-order valence-corrected chi connectivity index (χ3v) is 3.09. The Bertz CT molecular complexity index is 551. The number of carbonyl (C=O) groups excluding carboxylic acids is 1. The molecule has 112 valence electrons. The van der Waals surface area contributed by atoms with Crippen LogP contribution >= 0.6 is 0 Å². The minimum Gasteiger partial charge on any atom is -0.482 e. The van der Waals surface area contributed by atoms with Gasteiger partial charge in [-0.05, 0) is 37.6 Å².